The van der Waals surface area contributed by atoms with Gasteiger partial charge >= 0.3 is 0 Å². The summed E-state index contributed by atoms with van der Waals surface area (Å²) in [5.74, 6) is -1.34. The summed E-state index contributed by atoms with van der Waals surface area (Å²) in [5.41, 5.74) is -0.317. The predicted molar refractivity (Wildman–Crippen MR) is 71.3 cm³/mol. The molecule has 0 bridgehead atoms. The van der Waals surface area contributed by atoms with Gasteiger partial charge in [-0.05, 0) is 6.07 Å². The Morgan fingerprint density at radius 3 is 2.29 bits per heavy atom. The molecule has 0 aromatic heterocycles. The number of non-ortho nitro benzene ring substituents is 1. The van der Waals surface area contributed by atoms with Gasteiger partial charge in [0.2, 0.25) is 6.08 Å². The number of nitro groups is 1. The molecule has 7 heteroatoms. The molecule has 21 heavy (non-hydrogen) atoms. The second kappa shape index (κ2) is 7.42. The number of rotatable bonds is 3. The van der Waals surface area contributed by atoms with Gasteiger partial charge < -0.3 is 0 Å². The molecule has 0 atom stereocenters. The van der Waals surface area contributed by atoms with Crippen molar-refractivity contribution in [2.75, 3.05) is 0 Å². The van der Waals surface area contributed by atoms with E-state index in [1.807, 2.05) is 0 Å². The number of hydrogen-bond acceptors (Lipinski definition) is 5. The normalized spacial score (nSPS) is 9.00. The van der Waals surface area contributed by atoms with Crippen molar-refractivity contribution in [2.24, 2.45) is 0 Å². The number of benzene rings is 2. The summed E-state index contributed by atoms with van der Waals surface area (Å²) in [4.78, 5) is 30.3. The molecule has 0 saturated heterocycles. The Morgan fingerprint density at radius 1 is 1.19 bits per heavy atom. The Morgan fingerprint density at radius 2 is 1.76 bits per heavy atom. The van der Waals surface area contributed by atoms with Gasteiger partial charge in [0, 0.05) is 17.7 Å². The van der Waals surface area contributed by atoms with Crippen molar-refractivity contribution < 1.29 is 18.9 Å². The van der Waals surface area contributed by atoms with E-state index in [1.54, 1.807) is 18.2 Å². The number of nitro benzene ring substituents is 1. The van der Waals surface area contributed by atoms with Crippen LogP contribution >= 0.6 is 0 Å². The number of carbonyl (C=O) groups is 1. The lowest BCUT2D eigenvalue weighted by Gasteiger charge is -2.02. The van der Waals surface area contributed by atoms with Crippen LogP contribution in [-0.2, 0) is 4.79 Å². The predicted octanol–water partition coefficient (Wildman–Crippen LogP) is 2.87. The number of isocyanates is 1. The first kappa shape index (κ1) is 15.9. The van der Waals surface area contributed by atoms with Crippen molar-refractivity contribution in [1.29, 1.82) is 5.41 Å². The highest BCUT2D eigenvalue weighted by atomic mass is 19.1. The molecule has 6 nitrogen and oxygen atoms in total. The van der Waals surface area contributed by atoms with Gasteiger partial charge in [0.25, 0.3) is 5.69 Å². The van der Waals surface area contributed by atoms with Gasteiger partial charge in [-0.2, -0.15) is 0 Å². The summed E-state index contributed by atoms with van der Waals surface area (Å²) < 4.78 is 13.5. The van der Waals surface area contributed by atoms with Gasteiger partial charge in [-0.1, -0.05) is 30.3 Å². The van der Waals surface area contributed by atoms with Crippen molar-refractivity contribution in [2.45, 2.75) is 0 Å². The molecule has 0 saturated carbocycles. The number of hydrogen-bond donors (Lipinski definition) is 1. The Balaban J connectivity index is 0.000000677. The second-order valence-electron chi connectivity index (χ2n) is 3.72. The quantitative estimate of drug-likeness (QED) is 0.308. The molecule has 2 aromatic carbocycles. The Labute approximate surface area is 118 Å². The molecule has 0 heterocycles. The largest absolute Gasteiger partial charge is 0.288 e. The smallest absolute Gasteiger partial charge is 0.270 e. The van der Waals surface area contributed by atoms with Crippen molar-refractivity contribution in [3.63, 3.8) is 0 Å². The molecule has 1 N–H and O–H groups in total. The van der Waals surface area contributed by atoms with Crippen LogP contribution in [0.25, 0.3) is 0 Å². The lowest BCUT2D eigenvalue weighted by Crippen LogP contribution is -2.05. The minimum absolute atomic E-state index is 0.289. The Kier molecular flexibility index (Phi) is 5.61. The zero-order chi connectivity index (χ0) is 15.8. The number of ketones is 1. The van der Waals surface area contributed by atoms with E-state index in [1.165, 1.54) is 12.1 Å². The second-order valence-corrected chi connectivity index (χ2v) is 3.72. The van der Waals surface area contributed by atoms with E-state index < -0.39 is 16.5 Å². The first-order chi connectivity index (χ1) is 10.0. The van der Waals surface area contributed by atoms with Crippen LogP contribution in [0, 0.1) is 21.3 Å². The van der Waals surface area contributed by atoms with Crippen molar-refractivity contribution >= 4 is 17.6 Å². The molecule has 0 aliphatic heterocycles. The van der Waals surface area contributed by atoms with Crippen LogP contribution in [0.3, 0.4) is 0 Å². The number of halogens is 1. The molecule has 0 unspecified atom stereocenters. The maximum absolute atomic E-state index is 13.5. The van der Waals surface area contributed by atoms with E-state index in [9.17, 15) is 19.3 Å². The van der Waals surface area contributed by atoms with Crippen LogP contribution in [0.5, 0.6) is 0 Å². The van der Waals surface area contributed by atoms with Crippen LogP contribution < -0.4 is 0 Å². The van der Waals surface area contributed by atoms with E-state index in [2.05, 4.69) is 0 Å². The van der Waals surface area contributed by atoms with Crippen LogP contribution in [0.15, 0.2) is 48.5 Å². The maximum Gasteiger partial charge on any atom is 0.270 e. The van der Waals surface area contributed by atoms with Crippen molar-refractivity contribution in [3.8, 4) is 0 Å². The summed E-state index contributed by atoms with van der Waals surface area (Å²) in [6, 6.07) is 11.0. The van der Waals surface area contributed by atoms with E-state index in [4.69, 9.17) is 10.2 Å². The van der Waals surface area contributed by atoms with Gasteiger partial charge in [-0.15, -0.1) is 0 Å². The summed E-state index contributed by atoms with van der Waals surface area (Å²) in [7, 11) is 0. The van der Waals surface area contributed by atoms with Gasteiger partial charge in [0.15, 0.2) is 5.78 Å². The topological polar surface area (TPSA) is 101 Å². The van der Waals surface area contributed by atoms with Crippen molar-refractivity contribution in [1.82, 2.24) is 0 Å². The zero-order valence-corrected chi connectivity index (χ0v) is 10.6. The van der Waals surface area contributed by atoms with Gasteiger partial charge in [-0.3, -0.25) is 14.9 Å². The average molecular weight is 288 g/mol. The first-order valence-electron chi connectivity index (χ1n) is 5.58. The molecule has 0 aliphatic carbocycles. The molecule has 2 aromatic rings. The molecular weight excluding hydrogens is 279 g/mol. The molecule has 0 fully saturated rings. The third-order valence-corrected chi connectivity index (χ3v) is 2.44. The monoisotopic (exact) mass is 288 g/mol. The first-order valence-corrected chi connectivity index (χ1v) is 5.58. The summed E-state index contributed by atoms with van der Waals surface area (Å²) in [6.45, 7) is 0. The number of nitrogens with zero attached hydrogens (tertiary/aromatic N) is 1. The standard InChI is InChI=1S/C13H8FNO3.CHNO/c14-12-7-6-10(15(17)18)8-11(12)13(16)9-4-2-1-3-5-9;2-1-3/h1-8H;2H. The van der Waals surface area contributed by atoms with Crippen LogP contribution in [0.2, 0.25) is 0 Å². The lowest BCUT2D eigenvalue weighted by molar-refractivity contribution is -0.384. The van der Waals surface area contributed by atoms with Gasteiger partial charge in [0.05, 0.1) is 10.5 Å². The number of nitrogens with one attached hydrogen (secondary N) is 1. The molecule has 0 radical (unpaired) electrons. The fraction of sp³-hybridized carbons (Fsp3) is 0. The van der Waals surface area contributed by atoms with Gasteiger partial charge in [-0.25, -0.2) is 14.6 Å². The Hall–Kier alpha value is -3.18. The summed E-state index contributed by atoms with van der Waals surface area (Å²) >= 11 is 0. The Bertz CT molecular complexity index is 695. The fourth-order valence-electron chi connectivity index (χ4n) is 1.55. The minimum atomic E-state index is -0.769. The maximum atomic E-state index is 13.5. The van der Waals surface area contributed by atoms with Crippen LogP contribution in [0.1, 0.15) is 15.9 Å². The van der Waals surface area contributed by atoms with E-state index in [0.29, 0.717) is 0 Å². The van der Waals surface area contributed by atoms with Crippen molar-refractivity contribution in [3.05, 3.63) is 75.6 Å². The lowest BCUT2D eigenvalue weighted by atomic mass is 10.0. The molecule has 0 amide bonds. The zero-order valence-electron chi connectivity index (χ0n) is 10.6. The summed E-state index contributed by atoms with van der Waals surface area (Å²) in [5, 5.41) is 16.0. The molecule has 2 rings (SSSR count). The van der Waals surface area contributed by atoms with Gasteiger partial charge in [0.1, 0.15) is 5.82 Å². The highest BCUT2D eigenvalue weighted by Crippen LogP contribution is 2.19. The van der Waals surface area contributed by atoms with Crippen LogP contribution in [-0.4, -0.2) is 16.8 Å². The van der Waals surface area contributed by atoms with Crippen LogP contribution in [0.4, 0.5) is 10.1 Å². The fourth-order valence-corrected chi connectivity index (χ4v) is 1.55. The van der Waals surface area contributed by atoms with E-state index >= 15 is 0 Å². The number of carbonyl (C=O) groups excluding carboxylic acids is 2. The third kappa shape index (κ3) is 4.15. The highest BCUT2D eigenvalue weighted by Gasteiger charge is 2.17. The molecule has 0 spiro atoms. The summed E-state index contributed by atoms with van der Waals surface area (Å²) in [6.07, 6.45) is 0.750. The SMILES string of the molecule is N=C=O.O=C(c1ccccc1)c1cc([N+](=O)[O-])ccc1F. The average Bonchev–Trinajstić information content (AvgIpc) is 2.48. The highest BCUT2D eigenvalue weighted by molar-refractivity contribution is 6.09. The third-order valence-electron chi connectivity index (χ3n) is 2.44. The van der Waals surface area contributed by atoms with E-state index in [-0.39, 0.29) is 16.8 Å². The molecule has 0 aliphatic rings. The molecular formula is C14H9FN2O4. The minimum Gasteiger partial charge on any atom is -0.288 e. The van der Waals surface area contributed by atoms with E-state index in [0.717, 1.165) is 24.3 Å². The molecule has 106 valence electrons.